The molecule has 0 aliphatic rings. The molecule has 1 atom stereocenters. The zero-order valence-electron chi connectivity index (χ0n) is 9.86. The van der Waals surface area contributed by atoms with E-state index in [0.717, 1.165) is 26.1 Å². The first-order valence-electron chi connectivity index (χ1n) is 5.50. The molecule has 4 nitrogen and oxygen atoms in total. The van der Waals surface area contributed by atoms with Crippen LogP contribution in [-0.4, -0.2) is 29.8 Å². The summed E-state index contributed by atoms with van der Waals surface area (Å²) in [7, 11) is 1.72. The lowest BCUT2D eigenvalue weighted by molar-refractivity contribution is 0.161. The molecule has 1 heterocycles. The van der Waals surface area contributed by atoms with E-state index < -0.39 is 0 Å². The summed E-state index contributed by atoms with van der Waals surface area (Å²) in [5, 5.41) is 3.37. The van der Waals surface area contributed by atoms with Crippen molar-refractivity contribution in [2.24, 2.45) is 0 Å². The highest BCUT2D eigenvalue weighted by molar-refractivity contribution is 4.99. The molecule has 4 heteroatoms. The van der Waals surface area contributed by atoms with Gasteiger partial charge in [0.15, 0.2) is 0 Å². The van der Waals surface area contributed by atoms with Gasteiger partial charge in [0, 0.05) is 19.9 Å². The maximum absolute atomic E-state index is 5.14. The van der Waals surface area contributed by atoms with Gasteiger partial charge in [-0.3, -0.25) is 0 Å². The molecule has 0 bridgehead atoms. The molecule has 0 fully saturated rings. The van der Waals surface area contributed by atoms with Crippen molar-refractivity contribution in [3.63, 3.8) is 0 Å². The summed E-state index contributed by atoms with van der Waals surface area (Å²) in [4.78, 5) is 4.17. The molecule has 0 amide bonds. The first-order chi connectivity index (χ1) is 7.29. The minimum atomic E-state index is 0.343. The van der Waals surface area contributed by atoms with Crippen molar-refractivity contribution in [2.75, 3.05) is 20.3 Å². The Kier molecular flexibility index (Phi) is 5.36. The van der Waals surface area contributed by atoms with Crippen LogP contribution in [0.25, 0.3) is 0 Å². The Labute approximate surface area is 91.7 Å². The van der Waals surface area contributed by atoms with Gasteiger partial charge in [0.1, 0.15) is 0 Å². The summed E-state index contributed by atoms with van der Waals surface area (Å²) in [6.07, 6.45) is 4.93. The zero-order valence-corrected chi connectivity index (χ0v) is 9.86. The van der Waals surface area contributed by atoms with E-state index in [-0.39, 0.29) is 0 Å². The second-order valence-corrected chi connectivity index (χ2v) is 3.77. The van der Waals surface area contributed by atoms with E-state index in [2.05, 4.69) is 28.7 Å². The third kappa shape index (κ3) is 3.64. The Morgan fingerprint density at radius 2 is 2.40 bits per heavy atom. The lowest BCUT2D eigenvalue weighted by atomic mass is 10.3. The molecule has 0 aliphatic carbocycles. The van der Waals surface area contributed by atoms with Crippen LogP contribution in [0.5, 0.6) is 0 Å². The van der Waals surface area contributed by atoms with E-state index in [1.807, 2.05) is 12.5 Å². The van der Waals surface area contributed by atoms with Crippen molar-refractivity contribution in [3.05, 3.63) is 18.2 Å². The Morgan fingerprint density at radius 1 is 1.60 bits per heavy atom. The molecular weight excluding hydrogens is 190 g/mol. The van der Waals surface area contributed by atoms with Crippen LogP contribution in [0.1, 0.15) is 32.0 Å². The molecule has 15 heavy (non-hydrogen) atoms. The molecule has 1 rings (SSSR count). The highest BCUT2D eigenvalue weighted by Gasteiger charge is 2.08. The number of nitrogens with zero attached hydrogens (tertiary/aromatic N) is 2. The summed E-state index contributed by atoms with van der Waals surface area (Å²) >= 11 is 0. The highest BCUT2D eigenvalue weighted by atomic mass is 16.5. The van der Waals surface area contributed by atoms with E-state index in [0.29, 0.717) is 6.04 Å². The van der Waals surface area contributed by atoms with Crippen molar-refractivity contribution in [1.82, 2.24) is 14.9 Å². The summed E-state index contributed by atoms with van der Waals surface area (Å²) in [6, 6.07) is 0.343. The van der Waals surface area contributed by atoms with Crippen molar-refractivity contribution in [2.45, 2.75) is 32.9 Å². The molecule has 1 N–H and O–H groups in total. The minimum Gasteiger partial charge on any atom is -0.383 e. The van der Waals surface area contributed by atoms with Crippen LogP contribution in [0.15, 0.2) is 12.5 Å². The molecule has 0 spiro atoms. The Morgan fingerprint density at radius 3 is 3.07 bits per heavy atom. The zero-order chi connectivity index (χ0) is 11.1. The Balaban J connectivity index is 2.52. The molecule has 1 aromatic rings. The number of imidazole rings is 1. The Hall–Kier alpha value is -0.870. The molecule has 0 aliphatic heterocycles. The predicted molar refractivity (Wildman–Crippen MR) is 60.8 cm³/mol. The van der Waals surface area contributed by atoms with Crippen LogP contribution in [0.4, 0.5) is 0 Å². The van der Waals surface area contributed by atoms with E-state index in [1.165, 1.54) is 5.69 Å². The summed E-state index contributed by atoms with van der Waals surface area (Å²) < 4.78 is 7.30. The van der Waals surface area contributed by atoms with Gasteiger partial charge in [0.25, 0.3) is 0 Å². The predicted octanol–water partition coefficient (Wildman–Crippen LogP) is 1.59. The quantitative estimate of drug-likeness (QED) is 0.696. The fourth-order valence-electron chi connectivity index (χ4n) is 1.58. The highest BCUT2D eigenvalue weighted by Crippen LogP contribution is 2.09. The monoisotopic (exact) mass is 211 g/mol. The molecule has 86 valence electrons. The average molecular weight is 211 g/mol. The van der Waals surface area contributed by atoms with Gasteiger partial charge in [0.05, 0.1) is 24.7 Å². The van der Waals surface area contributed by atoms with Crippen LogP contribution < -0.4 is 5.32 Å². The smallest absolute Gasteiger partial charge is 0.0951 e. The molecule has 1 unspecified atom stereocenters. The third-order valence-corrected chi connectivity index (χ3v) is 2.36. The third-order valence-electron chi connectivity index (χ3n) is 2.36. The summed E-state index contributed by atoms with van der Waals surface area (Å²) in [5.74, 6) is 0. The number of nitrogens with one attached hydrogen (secondary N) is 1. The lowest BCUT2D eigenvalue weighted by Gasteiger charge is -2.15. The molecule has 0 radical (unpaired) electrons. The molecular formula is C11H21N3O. The normalized spacial score (nSPS) is 13.0. The molecule has 0 saturated carbocycles. The van der Waals surface area contributed by atoms with Crippen LogP contribution in [0.2, 0.25) is 0 Å². The number of ether oxygens (including phenoxy) is 1. The van der Waals surface area contributed by atoms with Crippen LogP contribution in [0.3, 0.4) is 0 Å². The fraction of sp³-hybridized carbons (Fsp3) is 0.727. The van der Waals surface area contributed by atoms with Crippen molar-refractivity contribution < 1.29 is 4.74 Å². The molecule has 1 aromatic heterocycles. The van der Waals surface area contributed by atoms with Gasteiger partial charge in [-0.2, -0.15) is 0 Å². The van der Waals surface area contributed by atoms with Crippen molar-refractivity contribution in [3.8, 4) is 0 Å². The molecule has 0 saturated heterocycles. The van der Waals surface area contributed by atoms with E-state index in [9.17, 15) is 0 Å². The number of aromatic nitrogens is 2. The summed E-state index contributed by atoms with van der Waals surface area (Å²) in [6.45, 7) is 6.94. The van der Waals surface area contributed by atoms with Gasteiger partial charge in [-0.1, -0.05) is 6.92 Å². The van der Waals surface area contributed by atoms with Crippen molar-refractivity contribution >= 4 is 0 Å². The topological polar surface area (TPSA) is 39.1 Å². The molecule has 0 aromatic carbocycles. The van der Waals surface area contributed by atoms with Gasteiger partial charge < -0.3 is 14.6 Å². The van der Waals surface area contributed by atoms with Crippen molar-refractivity contribution in [1.29, 1.82) is 0 Å². The van der Waals surface area contributed by atoms with E-state index in [4.69, 9.17) is 4.74 Å². The first-order valence-corrected chi connectivity index (χ1v) is 5.50. The average Bonchev–Trinajstić information content (AvgIpc) is 2.67. The second-order valence-electron chi connectivity index (χ2n) is 3.77. The van der Waals surface area contributed by atoms with Crippen LogP contribution >= 0.6 is 0 Å². The van der Waals surface area contributed by atoms with Gasteiger partial charge in [0.2, 0.25) is 0 Å². The Bertz CT molecular complexity index is 273. The SMILES string of the molecule is CCCNCc1cncn1C(C)COC. The van der Waals surface area contributed by atoms with Crippen LogP contribution in [0, 0.1) is 0 Å². The number of hydrogen-bond donors (Lipinski definition) is 1. The minimum absolute atomic E-state index is 0.343. The van der Waals surface area contributed by atoms with Gasteiger partial charge >= 0.3 is 0 Å². The summed E-state index contributed by atoms with van der Waals surface area (Å²) in [5.41, 5.74) is 1.22. The van der Waals surface area contributed by atoms with Gasteiger partial charge in [-0.05, 0) is 19.9 Å². The largest absolute Gasteiger partial charge is 0.383 e. The van der Waals surface area contributed by atoms with Crippen LogP contribution in [-0.2, 0) is 11.3 Å². The van der Waals surface area contributed by atoms with E-state index in [1.54, 1.807) is 7.11 Å². The van der Waals surface area contributed by atoms with Gasteiger partial charge in [-0.15, -0.1) is 0 Å². The maximum Gasteiger partial charge on any atom is 0.0951 e. The number of hydrogen-bond acceptors (Lipinski definition) is 3. The number of methoxy groups -OCH3 is 1. The number of rotatable bonds is 7. The first kappa shape index (κ1) is 12.2. The standard InChI is InChI=1S/C11H21N3O/c1-4-5-12-6-11-7-13-9-14(11)10(2)8-15-3/h7,9-10,12H,4-6,8H2,1-3H3. The second kappa shape index (κ2) is 6.58. The van der Waals surface area contributed by atoms with Gasteiger partial charge in [-0.25, -0.2) is 4.98 Å². The fourth-order valence-corrected chi connectivity index (χ4v) is 1.58. The van der Waals surface area contributed by atoms with E-state index >= 15 is 0 Å². The maximum atomic E-state index is 5.14. The lowest BCUT2D eigenvalue weighted by Crippen LogP contribution is -2.19.